The molecule has 1 aliphatic heterocycles. The number of carbonyl (C=O) groups excluding carboxylic acids is 2. The van der Waals surface area contributed by atoms with Gasteiger partial charge in [-0.25, -0.2) is 4.79 Å². The molecule has 2 N–H and O–H groups in total. The standard InChI is InChI=1S/C27H32N2O5/c1-3-18(15-25(30)29-14-8-13-19(17(29)2)26(31)32)28-27(33)34-16-24-22-11-6-4-9-20(22)21-10-5-7-12-23(21)24/h4-7,9-12,17-19,24H,3,8,13-16H2,1-2H3,(H,28,33)(H,31,32)/t17?,18-,19?/m0/s1. The topological polar surface area (TPSA) is 95.9 Å². The maximum Gasteiger partial charge on any atom is 0.407 e. The number of amides is 2. The van der Waals surface area contributed by atoms with Crippen LogP contribution in [0.3, 0.4) is 0 Å². The zero-order chi connectivity index (χ0) is 24.2. The van der Waals surface area contributed by atoms with Gasteiger partial charge in [0.1, 0.15) is 6.61 Å². The van der Waals surface area contributed by atoms with Crippen LogP contribution in [0.5, 0.6) is 0 Å². The van der Waals surface area contributed by atoms with Crippen molar-refractivity contribution in [1.82, 2.24) is 10.2 Å². The lowest BCUT2D eigenvalue weighted by Crippen LogP contribution is -2.50. The van der Waals surface area contributed by atoms with E-state index in [1.165, 1.54) is 11.1 Å². The largest absolute Gasteiger partial charge is 0.481 e. The summed E-state index contributed by atoms with van der Waals surface area (Å²) in [6.07, 6.45) is 1.40. The number of carbonyl (C=O) groups is 3. The molecule has 0 aromatic heterocycles. The Labute approximate surface area is 200 Å². The number of benzene rings is 2. The van der Waals surface area contributed by atoms with Crippen molar-refractivity contribution in [2.45, 2.75) is 57.5 Å². The van der Waals surface area contributed by atoms with E-state index in [0.717, 1.165) is 11.1 Å². The van der Waals surface area contributed by atoms with E-state index in [1.807, 2.05) is 31.2 Å². The number of alkyl carbamates (subject to hydrolysis) is 1. The molecule has 0 radical (unpaired) electrons. The van der Waals surface area contributed by atoms with Crippen LogP contribution in [0.1, 0.15) is 56.6 Å². The summed E-state index contributed by atoms with van der Waals surface area (Å²) in [6.45, 7) is 4.45. The molecule has 0 saturated carbocycles. The van der Waals surface area contributed by atoms with Gasteiger partial charge in [0.15, 0.2) is 0 Å². The van der Waals surface area contributed by atoms with E-state index in [-0.39, 0.29) is 36.9 Å². The maximum atomic E-state index is 12.9. The Morgan fingerprint density at radius 3 is 2.29 bits per heavy atom. The first-order valence-electron chi connectivity index (χ1n) is 12.0. The maximum absolute atomic E-state index is 12.9. The summed E-state index contributed by atoms with van der Waals surface area (Å²) >= 11 is 0. The number of aliphatic carboxylic acids is 1. The van der Waals surface area contributed by atoms with Crippen molar-refractivity contribution >= 4 is 18.0 Å². The summed E-state index contributed by atoms with van der Waals surface area (Å²) in [5, 5.41) is 12.2. The molecule has 2 aromatic carbocycles. The normalized spacial score (nSPS) is 20.2. The summed E-state index contributed by atoms with van der Waals surface area (Å²) in [6, 6.07) is 15.6. The molecule has 1 aliphatic carbocycles. The quantitative estimate of drug-likeness (QED) is 0.633. The fourth-order valence-corrected chi connectivity index (χ4v) is 5.26. The number of nitrogens with one attached hydrogen (secondary N) is 1. The Morgan fingerprint density at radius 1 is 1.09 bits per heavy atom. The third-order valence-electron chi connectivity index (χ3n) is 7.21. The number of carboxylic acids is 1. The molecule has 2 aromatic rings. The van der Waals surface area contributed by atoms with Gasteiger partial charge in [-0.2, -0.15) is 0 Å². The molecule has 7 heteroatoms. The van der Waals surface area contributed by atoms with Gasteiger partial charge in [0.2, 0.25) is 5.91 Å². The summed E-state index contributed by atoms with van der Waals surface area (Å²) in [4.78, 5) is 38.7. The van der Waals surface area contributed by atoms with Crippen molar-refractivity contribution in [3.63, 3.8) is 0 Å². The second-order valence-corrected chi connectivity index (χ2v) is 9.19. The first kappa shape index (κ1) is 23.8. The van der Waals surface area contributed by atoms with Gasteiger partial charge < -0.3 is 20.1 Å². The highest BCUT2D eigenvalue weighted by atomic mass is 16.5. The number of hydrogen-bond donors (Lipinski definition) is 2. The molecule has 2 amide bonds. The van der Waals surface area contributed by atoms with Gasteiger partial charge in [-0.15, -0.1) is 0 Å². The monoisotopic (exact) mass is 464 g/mol. The summed E-state index contributed by atoms with van der Waals surface area (Å²) in [7, 11) is 0. The van der Waals surface area contributed by atoms with Crippen LogP contribution in [0.25, 0.3) is 11.1 Å². The molecule has 2 aliphatic rings. The highest BCUT2D eigenvalue weighted by molar-refractivity contribution is 5.80. The first-order valence-corrected chi connectivity index (χ1v) is 12.0. The second kappa shape index (κ2) is 10.3. The predicted octanol–water partition coefficient (Wildman–Crippen LogP) is 4.41. The van der Waals surface area contributed by atoms with Crippen molar-refractivity contribution in [1.29, 1.82) is 0 Å². The highest BCUT2D eigenvalue weighted by Crippen LogP contribution is 2.44. The van der Waals surface area contributed by atoms with Crippen molar-refractivity contribution in [3.05, 3.63) is 59.7 Å². The van der Waals surface area contributed by atoms with E-state index in [0.29, 0.717) is 25.8 Å². The fraction of sp³-hybridized carbons (Fsp3) is 0.444. The summed E-state index contributed by atoms with van der Waals surface area (Å²) in [5.74, 6) is -1.58. The number of rotatable bonds is 7. The molecule has 34 heavy (non-hydrogen) atoms. The third-order valence-corrected chi connectivity index (χ3v) is 7.21. The molecular weight excluding hydrogens is 432 g/mol. The Bertz CT molecular complexity index is 1020. The number of fused-ring (bicyclic) bond motifs is 3. The lowest BCUT2D eigenvalue weighted by Gasteiger charge is -2.38. The van der Waals surface area contributed by atoms with Gasteiger partial charge in [-0.05, 0) is 48.4 Å². The molecule has 0 bridgehead atoms. The smallest absolute Gasteiger partial charge is 0.407 e. The van der Waals surface area contributed by atoms with Crippen molar-refractivity contribution in [2.24, 2.45) is 5.92 Å². The van der Waals surface area contributed by atoms with Crippen LogP contribution in [-0.4, -0.2) is 53.2 Å². The average molecular weight is 465 g/mol. The van der Waals surface area contributed by atoms with Gasteiger partial charge in [0.05, 0.1) is 5.92 Å². The second-order valence-electron chi connectivity index (χ2n) is 9.19. The number of carboxylic acid groups (broad SMARTS) is 1. The molecule has 4 rings (SSSR count). The van der Waals surface area contributed by atoms with Gasteiger partial charge >= 0.3 is 12.1 Å². The minimum atomic E-state index is -0.867. The van der Waals surface area contributed by atoms with Crippen LogP contribution in [0, 0.1) is 5.92 Å². The fourth-order valence-electron chi connectivity index (χ4n) is 5.26. The van der Waals surface area contributed by atoms with Crippen LogP contribution in [0.2, 0.25) is 0 Å². The number of nitrogens with zero attached hydrogens (tertiary/aromatic N) is 1. The zero-order valence-electron chi connectivity index (χ0n) is 19.7. The van der Waals surface area contributed by atoms with Crippen LogP contribution in [0.4, 0.5) is 4.79 Å². The van der Waals surface area contributed by atoms with Gasteiger partial charge in [-0.3, -0.25) is 9.59 Å². The summed E-state index contributed by atoms with van der Waals surface area (Å²) in [5.41, 5.74) is 4.62. The van der Waals surface area contributed by atoms with Crippen LogP contribution < -0.4 is 5.32 Å². The first-order chi connectivity index (χ1) is 16.4. The molecule has 1 fully saturated rings. The predicted molar refractivity (Wildman–Crippen MR) is 128 cm³/mol. The SMILES string of the molecule is CC[C@@H](CC(=O)N1CCCC(C(=O)O)C1C)NC(=O)OCC1c2ccccc2-c2ccccc21. The lowest BCUT2D eigenvalue weighted by molar-refractivity contribution is -0.149. The Kier molecular flexibility index (Phi) is 7.20. The van der Waals surface area contributed by atoms with E-state index in [2.05, 4.69) is 29.6 Å². The Hall–Kier alpha value is -3.35. The van der Waals surface area contributed by atoms with Crippen molar-refractivity contribution in [3.8, 4) is 11.1 Å². The number of hydrogen-bond acceptors (Lipinski definition) is 4. The van der Waals surface area contributed by atoms with E-state index < -0.39 is 18.0 Å². The van der Waals surface area contributed by atoms with E-state index in [1.54, 1.807) is 11.8 Å². The molecule has 7 nitrogen and oxygen atoms in total. The average Bonchev–Trinajstić information content (AvgIpc) is 3.16. The van der Waals surface area contributed by atoms with Crippen LogP contribution in [-0.2, 0) is 14.3 Å². The molecule has 0 spiro atoms. The highest BCUT2D eigenvalue weighted by Gasteiger charge is 2.36. The minimum absolute atomic E-state index is 0.0259. The molecule has 2 unspecified atom stereocenters. The third kappa shape index (κ3) is 4.79. The van der Waals surface area contributed by atoms with Crippen LogP contribution in [0.15, 0.2) is 48.5 Å². The minimum Gasteiger partial charge on any atom is -0.481 e. The molecular formula is C27H32N2O5. The van der Waals surface area contributed by atoms with Gasteiger partial charge in [0.25, 0.3) is 0 Å². The van der Waals surface area contributed by atoms with Gasteiger partial charge in [0, 0.05) is 31.0 Å². The Balaban J connectivity index is 1.34. The number of piperidine rings is 1. The van der Waals surface area contributed by atoms with Crippen LogP contribution >= 0.6 is 0 Å². The molecule has 1 heterocycles. The molecule has 180 valence electrons. The summed E-state index contributed by atoms with van der Waals surface area (Å²) < 4.78 is 5.62. The van der Waals surface area contributed by atoms with Gasteiger partial charge in [-0.1, -0.05) is 55.5 Å². The van der Waals surface area contributed by atoms with Crippen molar-refractivity contribution < 1.29 is 24.2 Å². The number of likely N-dealkylation sites (tertiary alicyclic amines) is 1. The molecule has 3 atom stereocenters. The van der Waals surface area contributed by atoms with Crippen molar-refractivity contribution in [2.75, 3.05) is 13.2 Å². The van der Waals surface area contributed by atoms with E-state index >= 15 is 0 Å². The van der Waals surface area contributed by atoms with E-state index in [9.17, 15) is 19.5 Å². The molecule has 1 saturated heterocycles. The number of ether oxygens (including phenoxy) is 1. The van der Waals surface area contributed by atoms with E-state index in [4.69, 9.17) is 4.74 Å². The zero-order valence-corrected chi connectivity index (χ0v) is 19.7. The Morgan fingerprint density at radius 2 is 1.71 bits per heavy atom. The lowest BCUT2D eigenvalue weighted by atomic mass is 9.90.